The predicted molar refractivity (Wildman–Crippen MR) is 77.6 cm³/mol. The van der Waals surface area contributed by atoms with E-state index in [1.807, 2.05) is 18.2 Å². The quantitative estimate of drug-likeness (QED) is 0.713. The first-order chi connectivity index (χ1) is 7.73. The van der Waals surface area contributed by atoms with Crippen LogP contribution in [-0.2, 0) is 9.31 Å². The molecule has 1 saturated heterocycles. The summed E-state index contributed by atoms with van der Waals surface area (Å²) in [5, 5.41) is 0. The molecule has 1 aromatic carbocycles. The Bertz CT molecular complexity index is 430. The highest BCUT2D eigenvalue weighted by atomic mass is 79.9. The van der Waals surface area contributed by atoms with Gasteiger partial charge in [0.2, 0.25) is 0 Å². The highest BCUT2D eigenvalue weighted by molar-refractivity contribution is 9.13. The first-order valence-corrected chi connectivity index (χ1v) is 7.12. The Morgan fingerprint density at radius 3 is 1.94 bits per heavy atom. The molecule has 1 aromatic rings. The first-order valence-electron chi connectivity index (χ1n) is 5.53. The summed E-state index contributed by atoms with van der Waals surface area (Å²) in [5.41, 5.74) is 0.438. The van der Waals surface area contributed by atoms with Crippen LogP contribution < -0.4 is 5.46 Å². The Balaban J connectivity index is 2.29. The number of halogens is 2. The third kappa shape index (κ3) is 2.48. The largest absolute Gasteiger partial charge is 0.494 e. The average molecular weight is 362 g/mol. The van der Waals surface area contributed by atoms with Crippen molar-refractivity contribution >= 4 is 44.4 Å². The molecular formula is C12H15BBr2O2. The van der Waals surface area contributed by atoms with Crippen molar-refractivity contribution in [3.63, 3.8) is 0 Å². The van der Waals surface area contributed by atoms with Crippen LogP contribution in [0.4, 0.5) is 0 Å². The third-order valence-corrected chi connectivity index (χ3v) is 5.35. The highest BCUT2D eigenvalue weighted by Gasteiger charge is 2.51. The average Bonchev–Trinajstić information content (AvgIpc) is 2.41. The molecule has 0 amide bonds. The van der Waals surface area contributed by atoms with Crippen LogP contribution in [0.2, 0.25) is 0 Å². The van der Waals surface area contributed by atoms with E-state index >= 15 is 0 Å². The summed E-state index contributed by atoms with van der Waals surface area (Å²) in [6, 6.07) is 6.02. The summed E-state index contributed by atoms with van der Waals surface area (Å²) in [5.74, 6) is 0. The highest BCUT2D eigenvalue weighted by Crippen LogP contribution is 2.36. The monoisotopic (exact) mass is 360 g/mol. The maximum absolute atomic E-state index is 5.99. The minimum atomic E-state index is -0.301. The number of rotatable bonds is 1. The number of hydrogen-bond donors (Lipinski definition) is 0. The molecule has 0 spiro atoms. The van der Waals surface area contributed by atoms with Gasteiger partial charge < -0.3 is 9.31 Å². The van der Waals surface area contributed by atoms with E-state index in [1.54, 1.807) is 0 Å². The fraction of sp³-hybridized carbons (Fsp3) is 0.500. The van der Waals surface area contributed by atoms with Gasteiger partial charge in [0.1, 0.15) is 0 Å². The molecule has 0 saturated carbocycles. The molecule has 92 valence electrons. The molecule has 5 heteroatoms. The van der Waals surface area contributed by atoms with Crippen LogP contribution in [0.25, 0.3) is 0 Å². The van der Waals surface area contributed by atoms with E-state index in [4.69, 9.17) is 9.31 Å². The molecule has 1 aliphatic rings. The van der Waals surface area contributed by atoms with Crippen molar-refractivity contribution in [3.05, 3.63) is 27.1 Å². The van der Waals surface area contributed by atoms with Gasteiger partial charge in [0.05, 0.1) is 11.2 Å². The van der Waals surface area contributed by atoms with E-state index < -0.39 is 0 Å². The van der Waals surface area contributed by atoms with Gasteiger partial charge in [0.25, 0.3) is 0 Å². The molecule has 0 radical (unpaired) electrons. The Morgan fingerprint density at radius 1 is 0.941 bits per heavy atom. The zero-order valence-corrected chi connectivity index (χ0v) is 13.6. The Morgan fingerprint density at radius 2 is 1.47 bits per heavy atom. The topological polar surface area (TPSA) is 18.5 Å². The minimum Gasteiger partial charge on any atom is -0.399 e. The molecule has 0 N–H and O–H groups in total. The summed E-state index contributed by atoms with van der Waals surface area (Å²) in [6.45, 7) is 8.23. The Kier molecular flexibility index (Phi) is 3.49. The summed E-state index contributed by atoms with van der Waals surface area (Å²) in [6.07, 6.45) is 0. The first kappa shape index (κ1) is 13.6. The van der Waals surface area contributed by atoms with Gasteiger partial charge in [-0.3, -0.25) is 0 Å². The molecule has 0 unspecified atom stereocenters. The number of hydrogen-bond acceptors (Lipinski definition) is 2. The maximum atomic E-state index is 5.99. The summed E-state index contributed by atoms with van der Waals surface area (Å²) in [7, 11) is -0.301. The van der Waals surface area contributed by atoms with E-state index in [-0.39, 0.29) is 18.3 Å². The molecule has 0 aliphatic carbocycles. The lowest BCUT2D eigenvalue weighted by atomic mass is 9.79. The standard InChI is InChI=1S/C12H15BBr2O2/c1-11(2)12(3,4)17-13(16-11)8-5-6-9(14)10(15)7-8/h5-7H,1-4H3. The van der Waals surface area contributed by atoms with E-state index in [9.17, 15) is 0 Å². The van der Waals surface area contributed by atoms with E-state index in [2.05, 4.69) is 59.6 Å². The van der Waals surface area contributed by atoms with Gasteiger partial charge in [-0.15, -0.1) is 0 Å². The van der Waals surface area contributed by atoms with Gasteiger partial charge in [0, 0.05) is 8.95 Å². The SMILES string of the molecule is CC1(C)OB(c2ccc(Br)c(Br)c2)OC1(C)C. The molecule has 1 aliphatic heterocycles. The van der Waals surface area contributed by atoms with Crippen molar-refractivity contribution in [3.8, 4) is 0 Å². The van der Waals surface area contributed by atoms with Crippen LogP contribution in [0.15, 0.2) is 27.1 Å². The Hall–Kier alpha value is 0.165. The van der Waals surface area contributed by atoms with Crippen molar-refractivity contribution in [1.82, 2.24) is 0 Å². The van der Waals surface area contributed by atoms with Crippen molar-refractivity contribution < 1.29 is 9.31 Å². The summed E-state index contributed by atoms with van der Waals surface area (Å²) >= 11 is 6.95. The van der Waals surface area contributed by atoms with Crippen LogP contribution in [0.3, 0.4) is 0 Å². The molecule has 17 heavy (non-hydrogen) atoms. The van der Waals surface area contributed by atoms with Crippen LogP contribution in [0.5, 0.6) is 0 Å². The van der Waals surface area contributed by atoms with E-state index in [0.29, 0.717) is 0 Å². The van der Waals surface area contributed by atoms with Crippen LogP contribution in [-0.4, -0.2) is 18.3 Å². The molecule has 0 atom stereocenters. The normalized spacial score (nSPS) is 21.9. The van der Waals surface area contributed by atoms with Crippen LogP contribution >= 0.6 is 31.9 Å². The smallest absolute Gasteiger partial charge is 0.399 e. The van der Waals surface area contributed by atoms with Crippen molar-refractivity contribution in [2.75, 3.05) is 0 Å². The zero-order valence-electron chi connectivity index (χ0n) is 10.4. The van der Waals surface area contributed by atoms with E-state index in [1.165, 1.54) is 0 Å². The van der Waals surface area contributed by atoms with Crippen molar-refractivity contribution in [1.29, 1.82) is 0 Å². The van der Waals surface area contributed by atoms with Gasteiger partial charge in [-0.05, 0) is 77.2 Å². The van der Waals surface area contributed by atoms with Crippen molar-refractivity contribution in [2.45, 2.75) is 38.9 Å². The lowest BCUT2D eigenvalue weighted by Gasteiger charge is -2.32. The molecule has 2 nitrogen and oxygen atoms in total. The minimum absolute atomic E-state index is 0.294. The Labute approximate surface area is 119 Å². The maximum Gasteiger partial charge on any atom is 0.494 e. The second kappa shape index (κ2) is 4.37. The van der Waals surface area contributed by atoms with Gasteiger partial charge in [-0.1, -0.05) is 6.07 Å². The lowest BCUT2D eigenvalue weighted by Crippen LogP contribution is -2.41. The van der Waals surface area contributed by atoms with Gasteiger partial charge in [-0.25, -0.2) is 0 Å². The van der Waals surface area contributed by atoms with Crippen LogP contribution in [0.1, 0.15) is 27.7 Å². The summed E-state index contributed by atoms with van der Waals surface area (Å²) in [4.78, 5) is 0. The summed E-state index contributed by atoms with van der Waals surface area (Å²) < 4.78 is 14.0. The second-order valence-electron chi connectivity index (χ2n) is 5.26. The number of benzene rings is 1. The van der Waals surface area contributed by atoms with Crippen LogP contribution in [0, 0.1) is 0 Å². The molecule has 0 bridgehead atoms. The van der Waals surface area contributed by atoms with Gasteiger partial charge in [0.15, 0.2) is 0 Å². The predicted octanol–water partition coefficient (Wildman–Crippen LogP) is 3.51. The molecule has 0 aromatic heterocycles. The van der Waals surface area contributed by atoms with Gasteiger partial charge >= 0.3 is 7.12 Å². The van der Waals surface area contributed by atoms with E-state index in [0.717, 1.165) is 14.4 Å². The van der Waals surface area contributed by atoms with Gasteiger partial charge in [-0.2, -0.15) is 0 Å². The third-order valence-electron chi connectivity index (χ3n) is 3.47. The molecule has 2 rings (SSSR count). The zero-order chi connectivity index (χ0) is 12.8. The second-order valence-corrected chi connectivity index (χ2v) is 6.97. The fourth-order valence-corrected chi connectivity index (χ4v) is 2.28. The van der Waals surface area contributed by atoms with Crippen molar-refractivity contribution in [2.24, 2.45) is 0 Å². The molecule has 1 fully saturated rings. The lowest BCUT2D eigenvalue weighted by molar-refractivity contribution is 0.00578. The molecule has 1 heterocycles. The molecular weight excluding hydrogens is 347 g/mol. The fourth-order valence-electron chi connectivity index (χ4n) is 1.64.